The van der Waals surface area contributed by atoms with Gasteiger partial charge < -0.3 is 9.84 Å². The maximum Gasteiger partial charge on any atom is 0.372 e. The molecule has 0 heterocycles. The summed E-state index contributed by atoms with van der Waals surface area (Å²) >= 11 is 0. The van der Waals surface area contributed by atoms with Gasteiger partial charge in [0.25, 0.3) is 0 Å². The minimum Gasteiger partial charge on any atom is -0.497 e. The van der Waals surface area contributed by atoms with E-state index in [4.69, 9.17) is 9.84 Å². The number of Topliss-reactive ketones (excluding diaryl/α,β-unsaturated/α-hetero) is 2. The summed E-state index contributed by atoms with van der Waals surface area (Å²) in [5, 5.41) is 8.51. The number of allylic oxidation sites excluding steroid dienone is 4. The van der Waals surface area contributed by atoms with E-state index < -0.39 is 24.0 Å². The zero-order valence-corrected chi connectivity index (χ0v) is 11.5. The van der Waals surface area contributed by atoms with Crippen molar-refractivity contribution in [3.05, 3.63) is 47.6 Å². The molecular weight excluding hydrogens is 272 g/mol. The van der Waals surface area contributed by atoms with Gasteiger partial charge in [0.2, 0.25) is 5.78 Å². The molecular formula is C16H14O5. The van der Waals surface area contributed by atoms with Gasteiger partial charge in [-0.15, -0.1) is 0 Å². The van der Waals surface area contributed by atoms with Crippen LogP contribution in [-0.2, 0) is 14.4 Å². The zero-order valence-electron chi connectivity index (χ0n) is 11.5. The molecule has 1 aliphatic rings. The molecule has 0 amide bonds. The molecule has 0 saturated heterocycles. The van der Waals surface area contributed by atoms with Crippen LogP contribution in [0.1, 0.15) is 18.4 Å². The fraction of sp³-hybridized carbons (Fsp3) is 0.188. The van der Waals surface area contributed by atoms with Gasteiger partial charge in [-0.2, -0.15) is 0 Å². The second-order valence-electron chi connectivity index (χ2n) is 4.62. The third kappa shape index (κ3) is 3.45. The lowest BCUT2D eigenvalue weighted by molar-refractivity contribution is -0.150. The standard InChI is InChI=1S/C16H14O5/c1-21-13-6-4-10(5-7-13)11-2-3-12(8-11)14(17)9-15(18)16(19)20/h2-7H,8-9H2,1H3,(H,19,20). The number of ketones is 2. The molecule has 1 aromatic carbocycles. The lowest BCUT2D eigenvalue weighted by Gasteiger charge is -2.06. The van der Waals surface area contributed by atoms with Gasteiger partial charge in [0, 0.05) is 6.42 Å². The van der Waals surface area contributed by atoms with E-state index in [1.807, 2.05) is 24.3 Å². The Morgan fingerprint density at radius 1 is 1.14 bits per heavy atom. The Labute approximate surface area is 121 Å². The number of hydrogen-bond donors (Lipinski definition) is 1. The highest BCUT2D eigenvalue weighted by Gasteiger charge is 2.22. The third-order valence-electron chi connectivity index (χ3n) is 3.25. The van der Waals surface area contributed by atoms with Crippen molar-refractivity contribution in [3.8, 4) is 5.75 Å². The Morgan fingerprint density at radius 3 is 2.38 bits per heavy atom. The number of carbonyl (C=O) groups is 3. The summed E-state index contributed by atoms with van der Waals surface area (Å²) < 4.78 is 5.08. The molecule has 0 spiro atoms. The van der Waals surface area contributed by atoms with E-state index >= 15 is 0 Å². The summed E-state index contributed by atoms with van der Waals surface area (Å²) in [7, 11) is 1.58. The van der Waals surface area contributed by atoms with Gasteiger partial charge in [-0.3, -0.25) is 9.59 Å². The van der Waals surface area contributed by atoms with Crippen molar-refractivity contribution in [2.45, 2.75) is 12.8 Å². The van der Waals surface area contributed by atoms with Crippen LogP contribution in [0.5, 0.6) is 5.75 Å². The van der Waals surface area contributed by atoms with Crippen LogP contribution in [0.15, 0.2) is 42.0 Å². The number of aliphatic carboxylic acids is 1. The van der Waals surface area contributed by atoms with Gasteiger partial charge >= 0.3 is 5.97 Å². The second kappa shape index (κ2) is 6.17. The van der Waals surface area contributed by atoms with E-state index in [9.17, 15) is 14.4 Å². The highest BCUT2D eigenvalue weighted by atomic mass is 16.5. The molecule has 0 saturated carbocycles. The van der Waals surface area contributed by atoms with Crippen LogP contribution >= 0.6 is 0 Å². The van der Waals surface area contributed by atoms with Gasteiger partial charge in [0.1, 0.15) is 5.75 Å². The Balaban J connectivity index is 1.99. The van der Waals surface area contributed by atoms with E-state index in [-0.39, 0.29) is 0 Å². The molecule has 0 fully saturated rings. The summed E-state index contributed by atoms with van der Waals surface area (Å²) in [6.45, 7) is 0. The van der Waals surface area contributed by atoms with Crippen molar-refractivity contribution >= 4 is 23.1 Å². The first-order valence-corrected chi connectivity index (χ1v) is 6.34. The minimum absolute atomic E-state index is 0.401. The van der Waals surface area contributed by atoms with E-state index in [1.165, 1.54) is 0 Å². The molecule has 108 valence electrons. The largest absolute Gasteiger partial charge is 0.497 e. The van der Waals surface area contributed by atoms with E-state index in [2.05, 4.69) is 0 Å². The summed E-state index contributed by atoms with van der Waals surface area (Å²) in [4.78, 5) is 33.3. The van der Waals surface area contributed by atoms with Crippen LogP contribution in [0, 0.1) is 0 Å². The molecule has 2 rings (SSSR count). The van der Waals surface area contributed by atoms with Gasteiger partial charge in [-0.05, 0) is 28.8 Å². The van der Waals surface area contributed by atoms with Crippen molar-refractivity contribution in [2.75, 3.05) is 7.11 Å². The van der Waals surface area contributed by atoms with E-state index in [0.717, 1.165) is 16.9 Å². The third-order valence-corrected chi connectivity index (χ3v) is 3.25. The Kier molecular flexibility index (Phi) is 4.33. The Morgan fingerprint density at radius 2 is 1.81 bits per heavy atom. The fourth-order valence-electron chi connectivity index (χ4n) is 2.05. The number of rotatable bonds is 6. The monoisotopic (exact) mass is 286 g/mol. The number of benzene rings is 1. The van der Waals surface area contributed by atoms with E-state index in [0.29, 0.717) is 12.0 Å². The second-order valence-corrected chi connectivity index (χ2v) is 4.62. The SMILES string of the molecule is COc1ccc(C2=CC=C(C(=O)CC(=O)C(=O)O)C2)cc1. The van der Waals surface area contributed by atoms with Crippen LogP contribution in [0.25, 0.3) is 5.57 Å². The van der Waals surface area contributed by atoms with Crippen molar-refractivity contribution in [1.29, 1.82) is 0 Å². The van der Waals surface area contributed by atoms with Crippen LogP contribution < -0.4 is 4.74 Å². The maximum atomic E-state index is 11.8. The number of carboxylic acid groups (broad SMARTS) is 1. The van der Waals surface area contributed by atoms with Gasteiger partial charge in [-0.1, -0.05) is 24.3 Å². The predicted octanol–water partition coefficient (Wildman–Crippen LogP) is 2.02. The highest BCUT2D eigenvalue weighted by Crippen LogP contribution is 2.30. The Hall–Kier alpha value is -2.69. The quantitative estimate of drug-likeness (QED) is 0.639. The number of methoxy groups -OCH3 is 1. The molecule has 0 bridgehead atoms. The number of carboxylic acids is 1. The first-order valence-electron chi connectivity index (χ1n) is 6.34. The van der Waals surface area contributed by atoms with Gasteiger partial charge in [0.15, 0.2) is 5.78 Å². The average Bonchev–Trinajstić information content (AvgIpc) is 2.97. The molecule has 1 aromatic rings. The van der Waals surface area contributed by atoms with Crippen LogP contribution in [-0.4, -0.2) is 29.8 Å². The van der Waals surface area contributed by atoms with Crippen molar-refractivity contribution in [3.63, 3.8) is 0 Å². The molecule has 1 aliphatic carbocycles. The first-order chi connectivity index (χ1) is 10.0. The summed E-state index contributed by atoms with van der Waals surface area (Å²) in [6, 6.07) is 7.41. The predicted molar refractivity (Wildman–Crippen MR) is 75.9 cm³/mol. The summed E-state index contributed by atoms with van der Waals surface area (Å²) in [5.41, 5.74) is 2.36. The van der Waals surface area contributed by atoms with Crippen molar-refractivity contribution in [1.82, 2.24) is 0 Å². The molecule has 0 radical (unpaired) electrons. The molecule has 21 heavy (non-hydrogen) atoms. The van der Waals surface area contributed by atoms with Crippen LogP contribution in [0.2, 0.25) is 0 Å². The lowest BCUT2D eigenvalue weighted by Crippen LogP contribution is -2.17. The number of carbonyl (C=O) groups excluding carboxylic acids is 2. The molecule has 0 aliphatic heterocycles. The average molecular weight is 286 g/mol. The van der Waals surface area contributed by atoms with Gasteiger partial charge in [0.05, 0.1) is 13.5 Å². The smallest absolute Gasteiger partial charge is 0.372 e. The molecule has 5 nitrogen and oxygen atoms in total. The summed E-state index contributed by atoms with van der Waals surface area (Å²) in [5.74, 6) is -2.36. The summed E-state index contributed by atoms with van der Waals surface area (Å²) in [6.07, 6.45) is 3.25. The molecule has 5 heteroatoms. The van der Waals surface area contributed by atoms with Crippen molar-refractivity contribution in [2.24, 2.45) is 0 Å². The molecule has 0 atom stereocenters. The zero-order chi connectivity index (χ0) is 15.4. The number of ether oxygens (including phenoxy) is 1. The first kappa shape index (κ1) is 14.7. The van der Waals surface area contributed by atoms with E-state index in [1.54, 1.807) is 19.3 Å². The molecule has 0 aromatic heterocycles. The van der Waals surface area contributed by atoms with Gasteiger partial charge in [-0.25, -0.2) is 4.79 Å². The van der Waals surface area contributed by atoms with Crippen LogP contribution in [0.3, 0.4) is 0 Å². The van der Waals surface area contributed by atoms with Crippen molar-refractivity contribution < 1.29 is 24.2 Å². The number of hydrogen-bond acceptors (Lipinski definition) is 4. The Bertz CT molecular complexity index is 650. The van der Waals surface area contributed by atoms with Crippen LogP contribution in [0.4, 0.5) is 0 Å². The highest BCUT2D eigenvalue weighted by molar-refractivity contribution is 6.37. The fourth-order valence-corrected chi connectivity index (χ4v) is 2.05. The molecule has 1 N–H and O–H groups in total. The lowest BCUT2D eigenvalue weighted by atomic mass is 9.99. The maximum absolute atomic E-state index is 11.8. The minimum atomic E-state index is -1.58. The molecule has 0 unspecified atom stereocenters. The topological polar surface area (TPSA) is 80.7 Å². The normalized spacial score (nSPS) is 13.4.